The molecule has 0 unspecified atom stereocenters. The van der Waals surface area contributed by atoms with Crippen LogP contribution < -0.4 is 5.32 Å². The fourth-order valence-corrected chi connectivity index (χ4v) is 3.52. The van der Waals surface area contributed by atoms with Gasteiger partial charge in [0.15, 0.2) is 0 Å². The SMILES string of the molecule is Cc1cccc(-c2noc(-c3cn(Cc4ccc(NC(=O)c5cccc(F)c5)cc4)cn3)n2)c1. The van der Waals surface area contributed by atoms with Crippen LogP contribution >= 0.6 is 0 Å². The Hall–Kier alpha value is -4.59. The van der Waals surface area contributed by atoms with Gasteiger partial charge in [-0.3, -0.25) is 4.79 Å². The summed E-state index contributed by atoms with van der Waals surface area (Å²) in [5, 5.41) is 6.84. The summed E-state index contributed by atoms with van der Waals surface area (Å²) in [5.74, 6) is 0.0560. The molecule has 0 aliphatic heterocycles. The number of carbonyl (C=O) groups is 1. The van der Waals surface area contributed by atoms with Gasteiger partial charge in [0.2, 0.25) is 5.82 Å². The predicted molar refractivity (Wildman–Crippen MR) is 126 cm³/mol. The van der Waals surface area contributed by atoms with E-state index >= 15 is 0 Å². The van der Waals surface area contributed by atoms with E-state index in [4.69, 9.17) is 4.52 Å². The lowest BCUT2D eigenvalue weighted by Gasteiger charge is -2.07. The van der Waals surface area contributed by atoms with E-state index in [1.165, 1.54) is 18.2 Å². The van der Waals surface area contributed by atoms with Crippen LogP contribution in [-0.2, 0) is 6.54 Å². The maximum Gasteiger partial charge on any atom is 0.278 e. The van der Waals surface area contributed by atoms with Gasteiger partial charge < -0.3 is 14.4 Å². The highest BCUT2D eigenvalue weighted by molar-refractivity contribution is 6.04. The maximum absolute atomic E-state index is 13.3. The summed E-state index contributed by atoms with van der Waals surface area (Å²) in [6.07, 6.45) is 3.54. The summed E-state index contributed by atoms with van der Waals surface area (Å²) in [5.41, 5.74) is 4.50. The van der Waals surface area contributed by atoms with E-state index in [0.29, 0.717) is 29.6 Å². The molecule has 0 bridgehead atoms. The molecule has 0 aliphatic rings. The van der Waals surface area contributed by atoms with Gasteiger partial charge in [-0.2, -0.15) is 4.98 Å². The van der Waals surface area contributed by atoms with Crippen LogP contribution in [0, 0.1) is 12.7 Å². The van der Waals surface area contributed by atoms with E-state index in [0.717, 1.165) is 16.7 Å². The molecule has 0 atom stereocenters. The van der Waals surface area contributed by atoms with E-state index in [1.807, 2.05) is 54.1 Å². The van der Waals surface area contributed by atoms with Crippen LogP contribution in [0.25, 0.3) is 23.0 Å². The molecule has 8 heteroatoms. The topological polar surface area (TPSA) is 85.8 Å². The van der Waals surface area contributed by atoms with Crippen molar-refractivity contribution in [1.29, 1.82) is 0 Å². The lowest BCUT2D eigenvalue weighted by molar-refractivity contribution is 0.102. The van der Waals surface area contributed by atoms with E-state index in [1.54, 1.807) is 24.5 Å². The number of carbonyl (C=O) groups excluding carboxylic acids is 1. The lowest BCUT2D eigenvalue weighted by Crippen LogP contribution is -2.12. The Labute approximate surface area is 194 Å². The van der Waals surface area contributed by atoms with Crippen LogP contribution in [-0.4, -0.2) is 25.6 Å². The minimum absolute atomic E-state index is 0.265. The smallest absolute Gasteiger partial charge is 0.278 e. The standard InChI is InChI=1S/C26H20FN5O2/c1-17-4-2-5-19(12-17)24-30-26(34-31-24)23-15-32(16-28-23)14-18-8-10-22(11-9-18)29-25(33)20-6-3-7-21(27)13-20/h2-13,15-16H,14H2,1H3,(H,29,33). The Morgan fingerprint density at radius 2 is 1.88 bits per heavy atom. The normalized spacial score (nSPS) is 10.9. The van der Waals surface area contributed by atoms with Crippen molar-refractivity contribution in [2.75, 3.05) is 5.32 Å². The molecule has 0 spiro atoms. The first kappa shape index (κ1) is 21.3. The molecule has 168 valence electrons. The number of aromatic nitrogens is 4. The lowest BCUT2D eigenvalue weighted by atomic mass is 10.1. The number of anilines is 1. The summed E-state index contributed by atoms with van der Waals surface area (Å²) in [7, 11) is 0. The molecule has 1 N–H and O–H groups in total. The second kappa shape index (κ2) is 9.11. The number of hydrogen-bond acceptors (Lipinski definition) is 5. The molecular formula is C26H20FN5O2. The molecule has 34 heavy (non-hydrogen) atoms. The highest BCUT2D eigenvalue weighted by atomic mass is 19.1. The van der Waals surface area contributed by atoms with Gasteiger partial charge in [0.25, 0.3) is 11.8 Å². The molecule has 0 aliphatic carbocycles. The largest absolute Gasteiger partial charge is 0.332 e. The second-order valence-corrected chi connectivity index (χ2v) is 7.89. The summed E-state index contributed by atoms with van der Waals surface area (Å²) in [6.45, 7) is 2.58. The molecule has 2 aromatic heterocycles. The van der Waals surface area contributed by atoms with Crippen LogP contribution in [0.5, 0.6) is 0 Å². The number of aryl methyl sites for hydroxylation is 1. The summed E-state index contributed by atoms with van der Waals surface area (Å²) < 4.78 is 20.6. The van der Waals surface area contributed by atoms with Gasteiger partial charge in [-0.05, 0) is 48.9 Å². The highest BCUT2D eigenvalue weighted by Crippen LogP contribution is 2.22. The van der Waals surface area contributed by atoms with Crippen LogP contribution in [0.2, 0.25) is 0 Å². The molecular weight excluding hydrogens is 433 g/mol. The summed E-state index contributed by atoms with van der Waals surface area (Å²) >= 11 is 0. The van der Waals surface area contributed by atoms with Crippen molar-refractivity contribution in [1.82, 2.24) is 19.7 Å². The van der Waals surface area contributed by atoms with Gasteiger partial charge in [0, 0.05) is 29.6 Å². The maximum atomic E-state index is 13.3. The Morgan fingerprint density at radius 1 is 1.06 bits per heavy atom. The van der Waals surface area contributed by atoms with Crippen molar-refractivity contribution in [3.8, 4) is 23.0 Å². The number of nitrogens with zero attached hydrogens (tertiary/aromatic N) is 4. The van der Waals surface area contributed by atoms with Crippen molar-refractivity contribution >= 4 is 11.6 Å². The fraction of sp³-hybridized carbons (Fsp3) is 0.0769. The van der Waals surface area contributed by atoms with Crippen molar-refractivity contribution in [2.24, 2.45) is 0 Å². The molecule has 2 heterocycles. The van der Waals surface area contributed by atoms with Crippen LogP contribution in [0.15, 0.2) is 89.8 Å². The van der Waals surface area contributed by atoms with Crippen molar-refractivity contribution in [3.63, 3.8) is 0 Å². The minimum atomic E-state index is -0.449. The zero-order valence-electron chi connectivity index (χ0n) is 18.3. The number of nitrogens with one attached hydrogen (secondary N) is 1. The van der Waals surface area contributed by atoms with Gasteiger partial charge in [0.1, 0.15) is 11.5 Å². The van der Waals surface area contributed by atoms with Gasteiger partial charge in [0.05, 0.1) is 6.33 Å². The molecule has 5 rings (SSSR count). The predicted octanol–water partition coefficient (Wildman–Crippen LogP) is 5.35. The third-order valence-electron chi connectivity index (χ3n) is 5.22. The number of halogens is 1. The summed E-state index contributed by atoms with van der Waals surface area (Å²) in [4.78, 5) is 21.1. The molecule has 5 aromatic rings. The molecule has 0 saturated carbocycles. The second-order valence-electron chi connectivity index (χ2n) is 7.89. The average Bonchev–Trinajstić information content (AvgIpc) is 3.50. The Balaban J connectivity index is 1.24. The van der Waals surface area contributed by atoms with Crippen molar-refractivity contribution in [2.45, 2.75) is 13.5 Å². The van der Waals surface area contributed by atoms with Crippen molar-refractivity contribution in [3.05, 3.63) is 108 Å². The van der Waals surface area contributed by atoms with E-state index in [-0.39, 0.29) is 11.5 Å². The third-order valence-corrected chi connectivity index (χ3v) is 5.22. The van der Waals surface area contributed by atoms with Crippen molar-refractivity contribution < 1.29 is 13.7 Å². The Kier molecular flexibility index (Phi) is 5.70. The number of imidazole rings is 1. The zero-order valence-corrected chi connectivity index (χ0v) is 18.3. The monoisotopic (exact) mass is 453 g/mol. The van der Waals surface area contributed by atoms with Gasteiger partial charge in [-0.25, -0.2) is 9.37 Å². The van der Waals surface area contributed by atoms with Crippen LogP contribution in [0.1, 0.15) is 21.5 Å². The van der Waals surface area contributed by atoms with Crippen LogP contribution in [0.3, 0.4) is 0 Å². The molecule has 7 nitrogen and oxygen atoms in total. The Morgan fingerprint density at radius 3 is 2.68 bits per heavy atom. The number of amides is 1. The first-order valence-electron chi connectivity index (χ1n) is 10.6. The molecule has 0 saturated heterocycles. The molecule has 3 aromatic carbocycles. The van der Waals surface area contributed by atoms with Gasteiger partial charge in [-0.15, -0.1) is 0 Å². The summed E-state index contributed by atoms with van der Waals surface area (Å²) in [6, 6.07) is 20.9. The molecule has 0 fully saturated rings. The zero-order chi connectivity index (χ0) is 23.5. The number of hydrogen-bond donors (Lipinski definition) is 1. The minimum Gasteiger partial charge on any atom is -0.332 e. The molecule has 1 amide bonds. The van der Waals surface area contributed by atoms with Gasteiger partial charge >= 0.3 is 0 Å². The fourth-order valence-electron chi connectivity index (χ4n) is 3.52. The van der Waals surface area contributed by atoms with E-state index in [2.05, 4.69) is 20.4 Å². The van der Waals surface area contributed by atoms with E-state index < -0.39 is 5.82 Å². The number of benzene rings is 3. The van der Waals surface area contributed by atoms with Crippen LogP contribution in [0.4, 0.5) is 10.1 Å². The first-order valence-corrected chi connectivity index (χ1v) is 10.6. The first-order chi connectivity index (χ1) is 16.5. The number of rotatable bonds is 6. The quantitative estimate of drug-likeness (QED) is 0.375. The Bertz CT molecular complexity index is 1460. The highest BCUT2D eigenvalue weighted by Gasteiger charge is 2.13. The molecule has 0 radical (unpaired) electrons. The van der Waals surface area contributed by atoms with Gasteiger partial charge in [-0.1, -0.05) is 47.1 Å². The van der Waals surface area contributed by atoms with E-state index in [9.17, 15) is 9.18 Å². The third kappa shape index (κ3) is 4.75. The average molecular weight is 453 g/mol.